The summed E-state index contributed by atoms with van der Waals surface area (Å²) in [7, 11) is 0. The number of nitrogens with two attached hydrogens (primary N) is 1. The minimum Gasteiger partial charge on any atom is -0.366 e. The summed E-state index contributed by atoms with van der Waals surface area (Å²) in [5, 5.41) is 0. The Bertz CT molecular complexity index is 260. The molecule has 0 radical (unpaired) electrons. The third kappa shape index (κ3) is 1.51. The summed E-state index contributed by atoms with van der Waals surface area (Å²) in [4.78, 5) is 11.3. The lowest BCUT2D eigenvalue weighted by molar-refractivity contribution is 0.1000. The highest BCUT2D eigenvalue weighted by Crippen LogP contribution is 2.07. The molecule has 0 unspecified atom stereocenters. The number of thiol groups is 1. The topological polar surface area (TPSA) is 43.1 Å². The van der Waals surface area contributed by atoms with Gasteiger partial charge in [0.05, 0.1) is 0 Å². The third-order valence-corrected chi connectivity index (χ3v) is 1.41. The van der Waals surface area contributed by atoms with Gasteiger partial charge in [0.25, 0.3) is 0 Å². The van der Waals surface area contributed by atoms with Gasteiger partial charge in [-0.05, 0) is 18.2 Å². The fourth-order valence-corrected chi connectivity index (χ4v) is 0.884. The van der Waals surface area contributed by atoms with Crippen molar-refractivity contribution in [3.63, 3.8) is 0 Å². The van der Waals surface area contributed by atoms with E-state index in [2.05, 4.69) is 12.6 Å². The fraction of sp³-hybridized carbons (Fsp3) is 0. The van der Waals surface area contributed by atoms with E-state index in [9.17, 15) is 4.79 Å². The van der Waals surface area contributed by atoms with Crippen LogP contribution in [0, 0.1) is 0 Å². The van der Waals surface area contributed by atoms with Crippen molar-refractivity contribution >= 4 is 18.5 Å². The molecule has 1 rings (SSSR count). The molecule has 0 saturated heterocycles. The highest BCUT2D eigenvalue weighted by atomic mass is 32.1. The molecule has 2 N–H and O–H groups in total. The van der Waals surface area contributed by atoms with Crippen LogP contribution in [0.25, 0.3) is 0 Å². The number of benzene rings is 1. The summed E-state index contributed by atoms with van der Waals surface area (Å²) in [6.45, 7) is 0. The monoisotopic (exact) mass is 153 g/mol. The molecule has 0 bridgehead atoms. The van der Waals surface area contributed by atoms with E-state index in [0.29, 0.717) is 5.56 Å². The molecule has 0 atom stereocenters. The van der Waals surface area contributed by atoms with Crippen molar-refractivity contribution in [3.05, 3.63) is 29.8 Å². The quantitative estimate of drug-likeness (QED) is 0.582. The van der Waals surface area contributed by atoms with Crippen LogP contribution in [0.15, 0.2) is 29.2 Å². The van der Waals surface area contributed by atoms with Crippen LogP contribution < -0.4 is 5.73 Å². The third-order valence-electron chi connectivity index (χ3n) is 1.13. The van der Waals surface area contributed by atoms with Gasteiger partial charge in [-0.15, -0.1) is 12.6 Å². The Labute approximate surface area is 64.5 Å². The summed E-state index contributed by atoms with van der Waals surface area (Å²) < 4.78 is 0. The molecule has 1 amide bonds. The average Bonchev–Trinajstić information content (AvgIpc) is 1.88. The van der Waals surface area contributed by atoms with Crippen LogP contribution >= 0.6 is 12.6 Å². The van der Waals surface area contributed by atoms with E-state index in [1.165, 1.54) is 0 Å². The van der Waals surface area contributed by atoms with Crippen LogP contribution in [0.5, 0.6) is 0 Å². The lowest BCUT2D eigenvalue weighted by Crippen LogP contribution is -2.10. The molecule has 0 spiro atoms. The van der Waals surface area contributed by atoms with E-state index in [1.807, 2.05) is 0 Å². The highest BCUT2D eigenvalue weighted by Gasteiger charge is 1.97. The summed E-state index contributed by atoms with van der Waals surface area (Å²) in [5.41, 5.74) is 5.50. The van der Waals surface area contributed by atoms with Crippen molar-refractivity contribution in [1.82, 2.24) is 0 Å². The maximum absolute atomic E-state index is 10.5. The zero-order valence-electron chi connectivity index (χ0n) is 5.24. The molecule has 2 nitrogen and oxygen atoms in total. The molecule has 0 aliphatic heterocycles. The number of primary amides is 1. The lowest BCUT2D eigenvalue weighted by Gasteiger charge is -1.94. The van der Waals surface area contributed by atoms with Gasteiger partial charge in [-0.2, -0.15) is 0 Å². The molecule has 0 aromatic heterocycles. The second-order valence-corrected chi connectivity index (χ2v) is 2.43. The minimum atomic E-state index is -0.420. The van der Waals surface area contributed by atoms with Crippen LogP contribution in [0.2, 0.25) is 0 Å². The summed E-state index contributed by atoms with van der Waals surface area (Å²) in [5.74, 6) is -0.420. The minimum absolute atomic E-state index is 0.420. The van der Waals surface area contributed by atoms with E-state index in [1.54, 1.807) is 24.3 Å². The first-order chi connectivity index (χ1) is 4.70. The molecule has 0 heterocycles. The van der Waals surface area contributed by atoms with Gasteiger partial charge in [-0.25, -0.2) is 0 Å². The van der Waals surface area contributed by atoms with Crippen molar-refractivity contribution < 1.29 is 4.79 Å². The van der Waals surface area contributed by atoms with Gasteiger partial charge in [0.15, 0.2) is 0 Å². The molecular formula is C7H7NOS. The predicted octanol–water partition coefficient (Wildman–Crippen LogP) is 1.07. The van der Waals surface area contributed by atoms with Crippen molar-refractivity contribution in [2.24, 2.45) is 5.73 Å². The van der Waals surface area contributed by atoms with Gasteiger partial charge in [-0.3, -0.25) is 4.79 Å². The van der Waals surface area contributed by atoms with Gasteiger partial charge in [0.1, 0.15) is 0 Å². The number of rotatable bonds is 1. The number of amides is 1. The normalized spacial score (nSPS) is 9.30. The average molecular weight is 153 g/mol. The molecule has 1 aromatic rings. The zero-order valence-corrected chi connectivity index (χ0v) is 6.14. The Morgan fingerprint density at radius 3 is 2.60 bits per heavy atom. The smallest absolute Gasteiger partial charge is 0.248 e. The lowest BCUT2D eigenvalue weighted by atomic mass is 10.2. The van der Waals surface area contributed by atoms with E-state index >= 15 is 0 Å². The second-order valence-electron chi connectivity index (χ2n) is 1.91. The molecule has 1 aromatic carbocycles. The van der Waals surface area contributed by atoms with Crippen molar-refractivity contribution in [3.8, 4) is 0 Å². The summed E-state index contributed by atoms with van der Waals surface area (Å²) >= 11 is 4.04. The summed E-state index contributed by atoms with van der Waals surface area (Å²) in [6.07, 6.45) is 0. The molecule has 0 fully saturated rings. The van der Waals surface area contributed by atoms with E-state index in [4.69, 9.17) is 5.73 Å². The maximum atomic E-state index is 10.5. The molecule has 0 saturated carbocycles. The van der Waals surface area contributed by atoms with Gasteiger partial charge in [-0.1, -0.05) is 6.07 Å². The fourth-order valence-electron chi connectivity index (χ4n) is 0.659. The van der Waals surface area contributed by atoms with Crippen molar-refractivity contribution in [1.29, 1.82) is 0 Å². The zero-order chi connectivity index (χ0) is 7.56. The van der Waals surface area contributed by atoms with E-state index < -0.39 is 5.91 Å². The largest absolute Gasteiger partial charge is 0.366 e. The molecule has 52 valence electrons. The Morgan fingerprint density at radius 2 is 2.20 bits per heavy atom. The molecule has 0 aliphatic rings. The van der Waals surface area contributed by atoms with Gasteiger partial charge in [0, 0.05) is 10.5 Å². The van der Waals surface area contributed by atoms with E-state index in [0.717, 1.165) is 4.90 Å². The number of hydrogen-bond donors (Lipinski definition) is 2. The first-order valence-corrected chi connectivity index (χ1v) is 3.23. The Kier molecular flexibility index (Phi) is 1.97. The maximum Gasteiger partial charge on any atom is 0.248 e. The van der Waals surface area contributed by atoms with Crippen LogP contribution in [0.3, 0.4) is 0 Å². The predicted molar refractivity (Wildman–Crippen MR) is 42.2 cm³/mol. The van der Waals surface area contributed by atoms with Crippen LogP contribution in [-0.2, 0) is 0 Å². The van der Waals surface area contributed by atoms with Crippen LogP contribution in [0.1, 0.15) is 10.4 Å². The van der Waals surface area contributed by atoms with Crippen molar-refractivity contribution in [2.75, 3.05) is 0 Å². The Morgan fingerprint density at radius 1 is 1.50 bits per heavy atom. The second kappa shape index (κ2) is 2.75. The van der Waals surface area contributed by atoms with Crippen molar-refractivity contribution in [2.45, 2.75) is 4.90 Å². The number of carbonyl (C=O) groups excluding carboxylic acids is 1. The Balaban J connectivity index is 3.07. The highest BCUT2D eigenvalue weighted by molar-refractivity contribution is 7.80. The van der Waals surface area contributed by atoms with E-state index in [-0.39, 0.29) is 0 Å². The van der Waals surface area contributed by atoms with Crippen LogP contribution in [0.4, 0.5) is 0 Å². The number of carbonyl (C=O) groups is 1. The van der Waals surface area contributed by atoms with Gasteiger partial charge in [0.2, 0.25) is 5.91 Å². The SMILES string of the molecule is NC(=O)c1cccc(S)c1. The van der Waals surface area contributed by atoms with Gasteiger partial charge >= 0.3 is 0 Å². The molecule has 3 heteroatoms. The molecule has 0 aliphatic carbocycles. The first-order valence-electron chi connectivity index (χ1n) is 2.79. The molecular weight excluding hydrogens is 146 g/mol. The Hall–Kier alpha value is -0.960. The number of hydrogen-bond acceptors (Lipinski definition) is 2. The first kappa shape index (κ1) is 7.15. The summed E-state index contributed by atoms with van der Waals surface area (Å²) in [6, 6.07) is 6.81. The van der Waals surface area contributed by atoms with Gasteiger partial charge < -0.3 is 5.73 Å². The standard InChI is InChI=1S/C7H7NOS/c8-7(9)5-2-1-3-6(10)4-5/h1-4,10H,(H2,8,9). The van der Waals surface area contributed by atoms with Crippen LogP contribution in [-0.4, -0.2) is 5.91 Å². The molecule has 10 heavy (non-hydrogen) atoms.